The average molecular weight is 493 g/mol. The molecule has 1 aliphatic heterocycles. The highest BCUT2D eigenvalue weighted by Crippen LogP contribution is 2.38. The second-order valence-electron chi connectivity index (χ2n) is 9.20. The predicted molar refractivity (Wildman–Crippen MR) is 142 cm³/mol. The van der Waals surface area contributed by atoms with Crippen molar-refractivity contribution in [2.75, 3.05) is 0 Å². The van der Waals surface area contributed by atoms with E-state index in [0.29, 0.717) is 6.42 Å². The molecule has 1 atom stereocenters. The third-order valence-corrected chi connectivity index (χ3v) is 6.50. The standard InChI is InChI=1S/C30H28N4O3/c1-21-15-17-22(18-16-21)26-19-27(34(31-26)28(35)13-8-14-29(36)37)25-20-33(24-11-6-3-7-12-24)32-30(25)23-9-4-2-5-10-23/h2-7,9-12,15-18,20,27H,8,13-14,19H2,1H3,(H,36,37). The van der Waals surface area contributed by atoms with Gasteiger partial charge < -0.3 is 5.11 Å². The lowest BCUT2D eigenvalue weighted by Gasteiger charge is -2.22. The quantitative estimate of drug-likeness (QED) is 0.338. The molecule has 0 saturated carbocycles. The number of carbonyl (C=O) groups is 2. The van der Waals surface area contributed by atoms with Crippen molar-refractivity contribution in [3.8, 4) is 16.9 Å². The Bertz CT molecular complexity index is 1430. The van der Waals surface area contributed by atoms with Crippen LogP contribution in [0.1, 0.15) is 48.4 Å². The number of aliphatic carboxylic acids is 1. The minimum Gasteiger partial charge on any atom is -0.481 e. The molecule has 0 saturated heterocycles. The summed E-state index contributed by atoms with van der Waals surface area (Å²) in [5, 5.41) is 20.3. The van der Waals surface area contributed by atoms with Gasteiger partial charge in [-0.25, -0.2) is 9.69 Å². The number of carboxylic acid groups (broad SMARTS) is 1. The zero-order valence-corrected chi connectivity index (χ0v) is 20.6. The molecule has 1 aromatic heterocycles. The topological polar surface area (TPSA) is 87.8 Å². The van der Waals surface area contributed by atoms with Crippen LogP contribution in [0.15, 0.2) is 96.2 Å². The number of hydrazone groups is 1. The zero-order chi connectivity index (χ0) is 25.8. The van der Waals surface area contributed by atoms with Gasteiger partial charge in [0.1, 0.15) is 0 Å². The van der Waals surface area contributed by atoms with Crippen LogP contribution >= 0.6 is 0 Å². The maximum atomic E-state index is 13.4. The number of nitrogens with zero attached hydrogens (tertiary/aromatic N) is 4. The van der Waals surface area contributed by atoms with Gasteiger partial charge in [-0.1, -0.05) is 78.4 Å². The number of hydrogen-bond acceptors (Lipinski definition) is 4. The zero-order valence-electron chi connectivity index (χ0n) is 20.6. The first-order valence-electron chi connectivity index (χ1n) is 12.4. The molecule has 186 valence electrons. The maximum absolute atomic E-state index is 13.4. The molecule has 1 aliphatic rings. The van der Waals surface area contributed by atoms with Crippen LogP contribution in [0.3, 0.4) is 0 Å². The van der Waals surface area contributed by atoms with Crippen LogP contribution < -0.4 is 0 Å². The van der Waals surface area contributed by atoms with E-state index in [-0.39, 0.29) is 31.2 Å². The van der Waals surface area contributed by atoms with Crippen LogP contribution in [0.4, 0.5) is 0 Å². The van der Waals surface area contributed by atoms with Gasteiger partial charge in [-0.3, -0.25) is 9.59 Å². The number of para-hydroxylation sites is 1. The molecule has 0 spiro atoms. The minimum atomic E-state index is -0.912. The lowest BCUT2D eigenvalue weighted by molar-refractivity contribution is -0.137. The molecule has 0 fully saturated rings. The van der Waals surface area contributed by atoms with E-state index >= 15 is 0 Å². The van der Waals surface area contributed by atoms with Gasteiger partial charge in [0, 0.05) is 36.6 Å². The highest BCUT2D eigenvalue weighted by Gasteiger charge is 2.36. The van der Waals surface area contributed by atoms with E-state index in [1.165, 1.54) is 5.01 Å². The lowest BCUT2D eigenvalue weighted by atomic mass is 9.96. The number of aromatic nitrogens is 2. The van der Waals surface area contributed by atoms with E-state index in [2.05, 4.69) is 0 Å². The summed E-state index contributed by atoms with van der Waals surface area (Å²) in [4.78, 5) is 24.4. The molecule has 0 aliphatic carbocycles. The van der Waals surface area contributed by atoms with E-state index in [1.807, 2.05) is 103 Å². The van der Waals surface area contributed by atoms with Crippen LogP contribution in [0.25, 0.3) is 16.9 Å². The van der Waals surface area contributed by atoms with E-state index in [4.69, 9.17) is 15.3 Å². The van der Waals surface area contributed by atoms with E-state index in [1.54, 1.807) is 0 Å². The molecular weight excluding hydrogens is 464 g/mol. The van der Waals surface area contributed by atoms with E-state index in [0.717, 1.165) is 39.3 Å². The molecule has 5 rings (SSSR count). The Hall–Kier alpha value is -4.52. The fourth-order valence-electron chi connectivity index (χ4n) is 4.57. The fraction of sp³-hybridized carbons (Fsp3) is 0.200. The number of aryl methyl sites for hydroxylation is 1. The molecule has 1 unspecified atom stereocenters. The van der Waals surface area contributed by atoms with E-state index in [9.17, 15) is 9.59 Å². The van der Waals surface area contributed by atoms with Crippen molar-refractivity contribution in [3.05, 3.63) is 108 Å². The highest BCUT2D eigenvalue weighted by atomic mass is 16.4. The molecule has 37 heavy (non-hydrogen) atoms. The van der Waals surface area contributed by atoms with Gasteiger partial charge >= 0.3 is 5.97 Å². The van der Waals surface area contributed by atoms with Crippen molar-refractivity contribution in [2.45, 2.75) is 38.6 Å². The smallest absolute Gasteiger partial charge is 0.303 e. The Kier molecular flexibility index (Phi) is 6.94. The van der Waals surface area contributed by atoms with Crippen LogP contribution in [0.5, 0.6) is 0 Å². The van der Waals surface area contributed by atoms with Gasteiger partial charge in [0.25, 0.3) is 0 Å². The summed E-state index contributed by atoms with van der Waals surface area (Å²) in [7, 11) is 0. The molecule has 7 heteroatoms. The first-order chi connectivity index (χ1) is 18.0. The summed E-state index contributed by atoms with van der Waals surface area (Å²) in [6.45, 7) is 2.03. The largest absolute Gasteiger partial charge is 0.481 e. The van der Waals surface area contributed by atoms with Crippen molar-refractivity contribution in [1.82, 2.24) is 14.8 Å². The monoisotopic (exact) mass is 492 g/mol. The second kappa shape index (κ2) is 10.6. The molecule has 1 amide bonds. The van der Waals surface area contributed by atoms with Gasteiger partial charge in [0.15, 0.2) is 0 Å². The Morgan fingerprint density at radius 3 is 2.24 bits per heavy atom. The van der Waals surface area contributed by atoms with Crippen LogP contribution in [0.2, 0.25) is 0 Å². The molecule has 7 nitrogen and oxygen atoms in total. The lowest BCUT2D eigenvalue weighted by Crippen LogP contribution is -2.27. The Morgan fingerprint density at radius 2 is 1.57 bits per heavy atom. The highest BCUT2D eigenvalue weighted by molar-refractivity contribution is 6.03. The second-order valence-corrected chi connectivity index (χ2v) is 9.20. The van der Waals surface area contributed by atoms with Crippen LogP contribution in [0, 0.1) is 6.92 Å². The van der Waals surface area contributed by atoms with E-state index < -0.39 is 5.97 Å². The maximum Gasteiger partial charge on any atom is 0.303 e. The van der Waals surface area contributed by atoms with Crippen molar-refractivity contribution in [1.29, 1.82) is 0 Å². The number of benzene rings is 3. The molecule has 0 bridgehead atoms. The van der Waals surface area contributed by atoms with Gasteiger partial charge in [-0.2, -0.15) is 10.2 Å². The van der Waals surface area contributed by atoms with Crippen molar-refractivity contribution in [3.63, 3.8) is 0 Å². The van der Waals surface area contributed by atoms with Gasteiger partial charge in [-0.05, 0) is 31.0 Å². The molecular formula is C30H28N4O3. The van der Waals surface area contributed by atoms with Gasteiger partial charge in [0.05, 0.1) is 23.1 Å². The third-order valence-electron chi connectivity index (χ3n) is 6.50. The summed E-state index contributed by atoms with van der Waals surface area (Å²) in [5.41, 5.74) is 6.50. The number of rotatable bonds is 8. The fourth-order valence-corrected chi connectivity index (χ4v) is 4.57. The van der Waals surface area contributed by atoms with Gasteiger partial charge in [-0.15, -0.1) is 0 Å². The molecule has 4 aromatic rings. The summed E-state index contributed by atoms with van der Waals surface area (Å²) in [6.07, 6.45) is 2.84. The summed E-state index contributed by atoms with van der Waals surface area (Å²) in [5.74, 6) is -1.11. The van der Waals surface area contributed by atoms with Gasteiger partial charge in [0.2, 0.25) is 5.91 Å². The Labute approximate surface area is 215 Å². The van der Waals surface area contributed by atoms with Crippen molar-refractivity contribution in [2.24, 2.45) is 5.10 Å². The first-order valence-corrected chi connectivity index (χ1v) is 12.4. The van der Waals surface area contributed by atoms with Crippen LogP contribution in [-0.4, -0.2) is 37.5 Å². The molecule has 3 aromatic carbocycles. The average Bonchev–Trinajstić information content (AvgIpc) is 3.55. The number of hydrogen-bond donors (Lipinski definition) is 1. The molecule has 0 radical (unpaired) electrons. The predicted octanol–water partition coefficient (Wildman–Crippen LogP) is 5.78. The van der Waals surface area contributed by atoms with Crippen molar-refractivity contribution < 1.29 is 14.7 Å². The number of carbonyl (C=O) groups excluding carboxylic acids is 1. The number of amides is 1. The SMILES string of the molecule is Cc1ccc(C2=NN(C(=O)CCCC(=O)O)C(c3cn(-c4ccccc4)nc3-c3ccccc3)C2)cc1. The van der Waals surface area contributed by atoms with Crippen molar-refractivity contribution >= 4 is 17.6 Å². The third kappa shape index (κ3) is 5.35. The molecule has 2 heterocycles. The Balaban J connectivity index is 1.56. The molecule has 1 N–H and O–H groups in total. The number of carboxylic acids is 1. The summed E-state index contributed by atoms with van der Waals surface area (Å²) < 4.78 is 1.84. The summed E-state index contributed by atoms with van der Waals surface area (Å²) >= 11 is 0. The Morgan fingerprint density at radius 1 is 0.892 bits per heavy atom. The van der Waals surface area contributed by atoms with Crippen LogP contribution in [-0.2, 0) is 9.59 Å². The first kappa shape index (κ1) is 24.2. The minimum absolute atomic E-state index is 0.0556. The summed E-state index contributed by atoms with van der Waals surface area (Å²) in [6, 6.07) is 27.5. The normalized spacial score (nSPS) is 15.0.